The van der Waals surface area contributed by atoms with Gasteiger partial charge in [0, 0.05) is 50.2 Å². The Bertz CT molecular complexity index is 1090. The number of likely N-dealkylation sites (N-methyl/N-ethyl adjacent to an activating group) is 1. The number of thiophene rings is 1. The van der Waals surface area contributed by atoms with Gasteiger partial charge in [0.1, 0.15) is 0 Å². The lowest BCUT2D eigenvalue weighted by atomic mass is 9.81. The number of carbonyl (C=O) groups is 2. The van der Waals surface area contributed by atoms with E-state index in [2.05, 4.69) is 29.2 Å². The molecule has 0 saturated carbocycles. The van der Waals surface area contributed by atoms with E-state index < -0.39 is 0 Å². The highest BCUT2D eigenvalue weighted by Gasteiger charge is 2.44. The second-order valence-corrected chi connectivity index (χ2v) is 9.51. The van der Waals surface area contributed by atoms with Crippen LogP contribution in [0.1, 0.15) is 38.3 Å². The Morgan fingerprint density at radius 3 is 2.38 bits per heavy atom. The van der Waals surface area contributed by atoms with Gasteiger partial charge in [-0.05, 0) is 28.6 Å². The quantitative estimate of drug-likeness (QED) is 0.610. The van der Waals surface area contributed by atoms with Gasteiger partial charge in [0.2, 0.25) is 5.91 Å². The van der Waals surface area contributed by atoms with Crippen LogP contribution < -0.4 is 0 Å². The molecule has 3 heterocycles. The van der Waals surface area contributed by atoms with E-state index in [1.807, 2.05) is 59.8 Å². The van der Waals surface area contributed by atoms with Crippen LogP contribution in [0.5, 0.6) is 0 Å². The van der Waals surface area contributed by atoms with Gasteiger partial charge in [-0.1, -0.05) is 54.6 Å². The molecule has 2 aliphatic rings. The summed E-state index contributed by atoms with van der Waals surface area (Å²) in [6, 6.07) is 21.8. The number of rotatable bonds is 4. The number of fused-ring (bicyclic) bond motifs is 1. The summed E-state index contributed by atoms with van der Waals surface area (Å²) in [5, 5.41) is 2.01. The molecule has 1 aromatic heterocycles. The average molecular weight is 446 g/mol. The lowest BCUT2D eigenvalue weighted by Gasteiger charge is -2.42. The van der Waals surface area contributed by atoms with Crippen LogP contribution in [0.3, 0.4) is 0 Å². The first-order chi connectivity index (χ1) is 15.6. The highest BCUT2D eigenvalue weighted by atomic mass is 32.1. The summed E-state index contributed by atoms with van der Waals surface area (Å²) in [5.41, 5.74) is 2.79. The molecule has 2 atom stereocenters. The topological polar surface area (TPSA) is 43.9 Å². The number of piperazine rings is 1. The van der Waals surface area contributed by atoms with E-state index in [4.69, 9.17) is 0 Å². The molecule has 2 aromatic carbocycles. The van der Waals surface area contributed by atoms with Gasteiger partial charge in [-0.3, -0.25) is 14.5 Å². The fourth-order valence-electron chi connectivity index (χ4n) is 4.92. The first-order valence-electron chi connectivity index (χ1n) is 11.1. The Labute approximate surface area is 192 Å². The Hall–Kier alpha value is -2.96. The molecule has 0 radical (unpaired) electrons. The van der Waals surface area contributed by atoms with Crippen LogP contribution in [0.4, 0.5) is 0 Å². The van der Waals surface area contributed by atoms with Crippen LogP contribution in [-0.4, -0.2) is 59.7 Å². The molecule has 0 spiro atoms. The minimum Gasteiger partial charge on any atom is -0.340 e. The monoisotopic (exact) mass is 445 g/mol. The van der Waals surface area contributed by atoms with Gasteiger partial charge in [0.25, 0.3) is 5.91 Å². The first-order valence-corrected chi connectivity index (χ1v) is 12.0. The smallest absolute Gasteiger partial charge is 0.254 e. The summed E-state index contributed by atoms with van der Waals surface area (Å²) < 4.78 is 0. The summed E-state index contributed by atoms with van der Waals surface area (Å²) in [6.45, 7) is 4.03. The Morgan fingerprint density at radius 1 is 0.938 bits per heavy atom. The zero-order chi connectivity index (χ0) is 22.1. The summed E-state index contributed by atoms with van der Waals surface area (Å²) in [7, 11) is 1.82. The van der Waals surface area contributed by atoms with Crippen LogP contribution in [-0.2, 0) is 11.3 Å². The van der Waals surface area contributed by atoms with Gasteiger partial charge in [-0.2, -0.15) is 0 Å². The molecule has 164 valence electrons. The zero-order valence-electron chi connectivity index (χ0n) is 18.2. The van der Waals surface area contributed by atoms with E-state index in [0.29, 0.717) is 18.7 Å². The van der Waals surface area contributed by atoms with Gasteiger partial charge in [0.05, 0.1) is 12.0 Å². The van der Waals surface area contributed by atoms with Gasteiger partial charge >= 0.3 is 0 Å². The van der Waals surface area contributed by atoms with Gasteiger partial charge in [-0.15, -0.1) is 11.3 Å². The van der Waals surface area contributed by atoms with Crippen molar-refractivity contribution in [3.8, 4) is 0 Å². The molecular formula is C26H27N3O2S. The maximum absolute atomic E-state index is 13.9. The third-order valence-electron chi connectivity index (χ3n) is 6.61. The van der Waals surface area contributed by atoms with E-state index in [-0.39, 0.29) is 23.8 Å². The lowest BCUT2D eigenvalue weighted by Crippen LogP contribution is -2.52. The highest BCUT2D eigenvalue weighted by molar-refractivity contribution is 7.10. The normalized spacial score (nSPS) is 21.5. The lowest BCUT2D eigenvalue weighted by molar-refractivity contribution is -0.136. The second-order valence-electron chi connectivity index (χ2n) is 8.53. The molecule has 0 aliphatic carbocycles. The number of carbonyl (C=O) groups excluding carboxylic acids is 2. The molecule has 0 bridgehead atoms. The standard InChI is InChI=1S/C26H27N3O2S/c1-27-24(22-12-7-17-32-22)23(20-10-5-6-11-21(20)25(27)30)26(31)29-15-13-28(14-16-29)18-19-8-3-2-4-9-19/h2-12,17,23-24H,13-16,18H2,1H3. The molecule has 2 aliphatic heterocycles. The predicted octanol–water partition coefficient (Wildman–Crippen LogP) is 4.00. The van der Waals surface area contributed by atoms with Crippen LogP contribution in [0.15, 0.2) is 72.1 Å². The van der Waals surface area contributed by atoms with Crippen molar-refractivity contribution in [2.75, 3.05) is 33.2 Å². The predicted molar refractivity (Wildman–Crippen MR) is 127 cm³/mol. The minimum atomic E-state index is -0.381. The highest BCUT2D eigenvalue weighted by Crippen LogP contribution is 2.44. The van der Waals surface area contributed by atoms with E-state index in [1.54, 1.807) is 16.2 Å². The molecule has 1 saturated heterocycles. The molecule has 32 heavy (non-hydrogen) atoms. The second kappa shape index (κ2) is 8.88. The molecule has 2 amide bonds. The van der Waals surface area contributed by atoms with Crippen molar-refractivity contribution in [2.45, 2.75) is 18.5 Å². The summed E-state index contributed by atoms with van der Waals surface area (Å²) >= 11 is 1.61. The Kier molecular flexibility index (Phi) is 5.81. The van der Waals surface area contributed by atoms with E-state index in [9.17, 15) is 9.59 Å². The zero-order valence-corrected chi connectivity index (χ0v) is 19.0. The van der Waals surface area contributed by atoms with Gasteiger partial charge in [-0.25, -0.2) is 0 Å². The first kappa shape index (κ1) is 20.9. The van der Waals surface area contributed by atoms with Crippen molar-refractivity contribution in [1.29, 1.82) is 0 Å². The molecule has 3 aromatic rings. The molecule has 0 N–H and O–H groups in total. The van der Waals surface area contributed by atoms with E-state index in [0.717, 1.165) is 30.1 Å². The Balaban J connectivity index is 1.39. The molecule has 2 unspecified atom stereocenters. The fourth-order valence-corrected chi connectivity index (χ4v) is 5.83. The number of hydrogen-bond donors (Lipinski definition) is 0. The average Bonchev–Trinajstić information content (AvgIpc) is 3.36. The number of hydrogen-bond acceptors (Lipinski definition) is 4. The van der Waals surface area contributed by atoms with Crippen molar-refractivity contribution in [3.63, 3.8) is 0 Å². The fraction of sp³-hybridized carbons (Fsp3) is 0.308. The molecular weight excluding hydrogens is 418 g/mol. The van der Waals surface area contributed by atoms with Crippen molar-refractivity contribution in [2.24, 2.45) is 0 Å². The van der Waals surface area contributed by atoms with Gasteiger partial charge in [0.15, 0.2) is 0 Å². The number of nitrogens with zero attached hydrogens (tertiary/aromatic N) is 3. The van der Waals surface area contributed by atoms with Crippen LogP contribution in [0.25, 0.3) is 0 Å². The van der Waals surface area contributed by atoms with Crippen molar-refractivity contribution < 1.29 is 9.59 Å². The Morgan fingerprint density at radius 2 is 1.66 bits per heavy atom. The molecule has 5 nitrogen and oxygen atoms in total. The number of amides is 2. The third-order valence-corrected chi connectivity index (χ3v) is 7.56. The van der Waals surface area contributed by atoms with Crippen LogP contribution in [0, 0.1) is 0 Å². The summed E-state index contributed by atoms with van der Waals surface area (Å²) in [5.74, 6) is -0.279. The minimum absolute atomic E-state index is 0.0178. The maximum Gasteiger partial charge on any atom is 0.254 e. The van der Waals surface area contributed by atoms with Crippen molar-refractivity contribution in [1.82, 2.24) is 14.7 Å². The number of benzene rings is 2. The largest absolute Gasteiger partial charge is 0.340 e. The third kappa shape index (κ3) is 3.85. The van der Waals surface area contributed by atoms with Crippen molar-refractivity contribution in [3.05, 3.63) is 93.7 Å². The molecule has 6 heteroatoms. The van der Waals surface area contributed by atoms with Crippen LogP contribution in [0.2, 0.25) is 0 Å². The van der Waals surface area contributed by atoms with E-state index in [1.165, 1.54) is 5.56 Å². The van der Waals surface area contributed by atoms with E-state index >= 15 is 0 Å². The summed E-state index contributed by atoms with van der Waals surface area (Å²) in [4.78, 5) is 34.2. The van der Waals surface area contributed by atoms with Gasteiger partial charge < -0.3 is 9.80 Å². The maximum atomic E-state index is 13.9. The van der Waals surface area contributed by atoms with Crippen LogP contribution >= 0.6 is 11.3 Å². The summed E-state index contributed by atoms with van der Waals surface area (Å²) in [6.07, 6.45) is 0. The molecule has 5 rings (SSSR count). The molecule has 1 fully saturated rings. The van der Waals surface area contributed by atoms with Crippen molar-refractivity contribution >= 4 is 23.2 Å². The SMILES string of the molecule is CN1C(=O)c2ccccc2C(C(=O)N2CCN(Cc3ccccc3)CC2)C1c1cccs1.